The first kappa shape index (κ1) is 9.00. The normalized spacial score (nSPS) is 35.0. The molecule has 4 heteroatoms. The maximum atomic E-state index is 11.2. The van der Waals surface area contributed by atoms with Gasteiger partial charge in [0.2, 0.25) is 0 Å². The molecule has 1 saturated heterocycles. The highest BCUT2D eigenvalue weighted by Gasteiger charge is 2.33. The Kier molecular flexibility index (Phi) is 2.01. The fraction of sp³-hybridized carbons (Fsp3) is 1.00. The molecule has 11 heavy (non-hydrogen) atoms. The molecule has 0 aromatic carbocycles. The highest BCUT2D eigenvalue weighted by atomic mass is 32.2. The molecule has 1 rings (SSSR count). The van der Waals surface area contributed by atoms with Crippen LogP contribution in [-0.4, -0.2) is 31.5 Å². The quantitative estimate of drug-likeness (QED) is 0.574. The first-order valence-corrected chi connectivity index (χ1v) is 5.61. The molecule has 0 radical (unpaired) electrons. The number of sulfone groups is 1. The second-order valence-electron chi connectivity index (χ2n) is 3.98. The van der Waals surface area contributed by atoms with E-state index in [0.717, 1.165) is 0 Å². The summed E-state index contributed by atoms with van der Waals surface area (Å²) < 4.78 is 22.5. The van der Waals surface area contributed by atoms with Crippen LogP contribution in [0.15, 0.2) is 0 Å². The van der Waals surface area contributed by atoms with Crippen LogP contribution in [0.3, 0.4) is 0 Å². The molecule has 0 aliphatic carbocycles. The van der Waals surface area contributed by atoms with Crippen molar-refractivity contribution < 1.29 is 8.42 Å². The lowest BCUT2D eigenvalue weighted by atomic mass is 10.1. The van der Waals surface area contributed by atoms with E-state index in [-0.39, 0.29) is 23.1 Å². The maximum Gasteiger partial charge on any atom is 0.153 e. The van der Waals surface area contributed by atoms with E-state index in [2.05, 4.69) is 5.32 Å². The van der Waals surface area contributed by atoms with Gasteiger partial charge in [-0.1, -0.05) is 0 Å². The second kappa shape index (κ2) is 2.45. The molecule has 0 saturated carbocycles. The topological polar surface area (TPSA) is 46.2 Å². The second-order valence-corrected chi connectivity index (χ2v) is 6.09. The third kappa shape index (κ3) is 2.45. The van der Waals surface area contributed by atoms with Gasteiger partial charge in [0.1, 0.15) is 0 Å². The molecule has 0 aromatic heterocycles. The molecule has 1 aliphatic rings. The van der Waals surface area contributed by atoms with Gasteiger partial charge in [-0.25, -0.2) is 8.42 Å². The van der Waals surface area contributed by atoms with E-state index in [0.29, 0.717) is 0 Å². The molecular weight excluding hydrogens is 162 g/mol. The van der Waals surface area contributed by atoms with Gasteiger partial charge in [-0.3, -0.25) is 0 Å². The zero-order valence-electron chi connectivity index (χ0n) is 7.22. The lowest BCUT2D eigenvalue weighted by Gasteiger charge is -2.34. The molecule has 1 N–H and O–H groups in total. The number of nitrogens with one attached hydrogen (secondary N) is 1. The van der Waals surface area contributed by atoms with Crippen LogP contribution in [-0.2, 0) is 9.84 Å². The average molecular weight is 177 g/mol. The van der Waals surface area contributed by atoms with Crippen LogP contribution in [0.4, 0.5) is 0 Å². The van der Waals surface area contributed by atoms with Crippen molar-refractivity contribution in [3.8, 4) is 0 Å². The van der Waals surface area contributed by atoms with Crippen LogP contribution >= 0.6 is 0 Å². The predicted molar refractivity (Wildman–Crippen MR) is 45.3 cm³/mol. The molecule has 1 aliphatic heterocycles. The fourth-order valence-corrected chi connectivity index (χ4v) is 3.89. The van der Waals surface area contributed by atoms with Crippen molar-refractivity contribution in [2.75, 3.05) is 11.5 Å². The Balaban J connectivity index is 2.83. The van der Waals surface area contributed by atoms with Crippen molar-refractivity contribution in [2.24, 2.45) is 0 Å². The minimum Gasteiger partial charge on any atom is -0.307 e. The summed E-state index contributed by atoms with van der Waals surface area (Å²) in [6, 6.07) is 0.0868. The van der Waals surface area contributed by atoms with Gasteiger partial charge in [-0.05, 0) is 20.8 Å². The Morgan fingerprint density at radius 2 is 2.00 bits per heavy atom. The summed E-state index contributed by atoms with van der Waals surface area (Å²) in [6.07, 6.45) is 0. The Morgan fingerprint density at radius 3 is 2.36 bits per heavy atom. The fourth-order valence-electron chi connectivity index (χ4n) is 1.74. The van der Waals surface area contributed by atoms with E-state index < -0.39 is 9.84 Å². The number of rotatable bonds is 0. The van der Waals surface area contributed by atoms with Gasteiger partial charge < -0.3 is 5.32 Å². The van der Waals surface area contributed by atoms with Crippen LogP contribution in [0.5, 0.6) is 0 Å². The smallest absolute Gasteiger partial charge is 0.153 e. The molecule has 1 heterocycles. The van der Waals surface area contributed by atoms with Gasteiger partial charge in [0.15, 0.2) is 9.84 Å². The Hall–Kier alpha value is -0.0900. The highest BCUT2D eigenvalue weighted by molar-refractivity contribution is 7.91. The molecule has 1 unspecified atom stereocenters. The number of hydrogen-bond donors (Lipinski definition) is 1. The maximum absolute atomic E-state index is 11.2. The van der Waals surface area contributed by atoms with E-state index >= 15 is 0 Å². The summed E-state index contributed by atoms with van der Waals surface area (Å²) in [5.41, 5.74) is -0.253. The van der Waals surface area contributed by atoms with Gasteiger partial charge in [0.25, 0.3) is 0 Å². The SMILES string of the molecule is CC1CS(=O)(=O)CC(C)(C)N1. The first-order chi connectivity index (χ1) is 4.81. The Labute approximate surface area is 68.1 Å². The van der Waals surface area contributed by atoms with E-state index in [1.165, 1.54) is 0 Å². The minimum atomic E-state index is -2.80. The largest absolute Gasteiger partial charge is 0.307 e. The zero-order valence-corrected chi connectivity index (χ0v) is 8.03. The van der Waals surface area contributed by atoms with Crippen molar-refractivity contribution in [1.82, 2.24) is 5.32 Å². The third-order valence-electron chi connectivity index (χ3n) is 1.72. The summed E-state index contributed by atoms with van der Waals surface area (Å²) in [4.78, 5) is 0. The van der Waals surface area contributed by atoms with Gasteiger partial charge in [-0.2, -0.15) is 0 Å². The Bertz CT molecular complexity index is 243. The third-order valence-corrected chi connectivity index (χ3v) is 3.89. The minimum absolute atomic E-state index is 0.0868. The van der Waals surface area contributed by atoms with Crippen molar-refractivity contribution in [1.29, 1.82) is 0 Å². The average Bonchev–Trinajstić information content (AvgIpc) is 1.49. The van der Waals surface area contributed by atoms with E-state index in [1.54, 1.807) is 0 Å². The molecule has 0 spiro atoms. The lowest BCUT2D eigenvalue weighted by Crippen LogP contribution is -2.56. The molecule has 1 fully saturated rings. The summed E-state index contributed by atoms with van der Waals surface area (Å²) in [5.74, 6) is 0.529. The summed E-state index contributed by atoms with van der Waals surface area (Å²) in [6.45, 7) is 5.74. The van der Waals surface area contributed by atoms with Gasteiger partial charge in [-0.15, -0.1) is 0 Å². The Morgan fingerprint density at radius 1 is 1.45 bits per heavy atom. The summed E-state index contributed by atoms with van der Waals surface area (Å²) in [5, 5.41) is 3.23. The van der Waals surface area contributed by atoms with Gasteiger partial charge >= 0.3 is 0 Å². The van der Waals surface area contributed by atoms with Crippen LogP contribution in [0.25, 0.3) is 0 Å². The molecule has 0 amide bonds. The molecular formula is C7H15NO2S. The molecule has 0 aromatic rings. The number of hydrogen-bond acceptors (Lipinski definition) is 3. The van der Waals surface area contributed by atoms with E-state index in [9.17, 15) is 8.42 Å². The van der Waals surface area contributed by atoms with Gasteiger partial charge in [0.05, 0.1) is 11.5 Å². The van der Waals surface area contributed by atoms with Crippen LogP contribution in [0.2, 0.25) is 0 Å². The lowest BCUT2D eigenvalue weighted by molar-refractivity contribution is 0.368. The van der Waals surface area contributed by atoms with Crippen LogP contribution < -0.4 is 5.32 Å². The zero-order chi connectivity index (χ0) is 8.70. The van der Waals surface area contributed by atoms with Crippen molar-refractivity contribution in [2.45, 2.75) is 32.4 Å². The van der Waals surface area contributed by atoms with Gasteiger partial charge in [0, 0.05) is 11.6 Å². The van der Waals surface area contributed by atoms with Crippen molar-refractivity contribution in [3.05, 3.63) is 0 Å². The van der Waals surface area contributed by atoms with Crippen LogP contribution in [0.1, 0.15) is 20.8 Å². The predicted octanol–water partition coefficient (Wildman–Crippen LogP) is 0.172. The highest BCUT2D eigenvalue weighted by Crippen LogP contribution is 2.15. The monoisotopic (exact) mass is 177 g/mol. The van der Waals surface area contributed by atoms with E-state index in [1.807, 2.05) is 20.8 Å². The molecule has 66 valence electrons. The first-order valence-electron chi connectivity index (χ1n) is 3.79. The molecule has 1 atom stereocenters. The molecule has 3 nitrogen and oxygen atoms in total. The molecule has 0 bridgehead atoms. The van der Waals surface area contributed by atoms with E-state index in [4.69, 9.17) is 0 Å². The summed E-state index contributed by atoms with van der Waals surface area (Å²) >= 11 is 0. The summed E-state index contributed by atoms with van der Waals surface area (Å²) in [7, 11) is -2.80. The van der Waals surface area contributed by atoms with Crippen molar-refractivity contribution >= 4 is 9.84 Å². The van der Waals surface area contributed by atoms with Crippen molar-refractivity contribution in [3.63, 3.8) is 0 Å². The standard InChI is InChI=1S/C7H15NO2S/c1-6-4-11(9,10)5-7(2,3)8-6/h6,8H,4-5H2,1-3H3. The van der Waals surface area contributed by atoms with Crippen LogP contribution in [0, 0.1) is 0 Å².